The van der Waals surface area contributed by atoms with E-state index in [0.29, 0.717) is 22.7 Å². The fourth-order valence-electron chi connectivity index (χ4n) is 2.31. The second kappa shape index (κ2) is 5.55. The average Bonchev–Trinajstić information content (AvgIpc) is 2.88. The number of hydrogen-bond donors (Lipinski definition) is 1. The first kappa shape index (κ1) is 15.9. The van der Waals surface area contributed by atoms with Crippen molar-refractivity contribution in [2.75, 3.05) is 12.1 Å². The summed E-state index contributed by atoms with van der Waals surface area (Å²) in [6.07, 6.45) is 1.28. The highest BCUT2D eigenvalue weighted by Gasteiger charge is 2.39. The van der Waals surface area contributed by atoms with Crippen molar-refractivity contribution in [2.45, 2.75) is 26.6 Å². The van der Waals surface area contributed by atoms with Crippen LogP contribution in [0.4, 0.5) is 5.69 Å². The molecule has 0 aromatic heterocycles. The maximum absolute atomic E-state index is 12.1. The van der Waals surface area contributed by atoms with Gasteiger partial charge >= 0.3 is 11.9 Å². The summed E-state index contributed by atoms with van der Waals surface area (Å²) in [5.41, 5.74) is 0.475. The van der Waals surface area contributed by atoms with Crippen LogP contribution < -0.4 is 14.8 Å². The molecule has 2 aliphatic rings. The van der Waals surface area contributed by atoms with Gasteiger partial charge in [-0.2, -0.15) is 0 Å². The fourth-order valence-corrected chi connectivity index (χ4v) is 2.31. The van der Waals surface area contributed by atoms with Crippen LogP contribution in [0.1, 0.15) is 26.3 Å². The summed E-state index contributed by atoms with van der Waals surface area (Å²) >= 11 is 0. The Bertz CT molecular complexity index is 757. The highest BCUT2D eigenvalue weighted by Crippen LogP contribution is 2.38. The van der Waals surface area contributed by atoms with Gasteiger partial charge in [0.1, 0.15) is 5.57 Å². The van der Waals surface area contributed by atoms with Gasteiger partial charge in [-0.15, -0.1) is 0 Å². The molecule has 3 rings (SSSR count). The lowest BCUT2D eigenvalue weighted by atomic mass is 10.1. The largest absolute Gasteiger partial charge is 0.454 e. The van der Waals surface area contributed by atoms with Crippen LogP contribution in [-0.2, 0) is 23.9 Å². The average molecular weight is 333 g/mol. The summed E-state index contributed by atoms with van der Waals surface area (Å²) in [6.45, 7) is 4.31. The Morgan fingerprint density at radius 2 is 1.71 bits per heavy atom. The number of cyclic esters (lactones) is 2. The molecule has 0 unspecified atom stereocenters. The monoisotopic (exact) mass is 333 g/mol. The summed E-state index contributed by atoms with van der Waals surface area (Å²) < 4.78 is 20.6. The van der Waals surface area contributed by atoms with Gasteiger partial charge in [0.05, 0.1) is 5.69 Å². The smallest absolute Gasteiger partial charge is 0.348 e. The van der Waals surface area contributed by atoms with Gasteiger partial charge in [0, 0.05) is 32.4 Å². The summed E-state index contributed by atoms with van der Waals surface area (Å²) in [6, 6.07) is 3.11. The molecule has 0 saturated carbocycles. The van der Waals surface area contributed by atoms with Gasteiger partial charge in [0.2, 0.25) is 12.7 Å². The van der Waals surface area contributed by atoms with Crippen LogP contribution in [0.15, 0.2) is 17.7 Å². The van der Waals surface area contributed by atoms with Crippen molar-refractivity contribution in [3.05, 3.63) is 23.3 Å². The highest BCUT2D eigenvalue weighted by molar-refractivity contribution is 6.19. The van der Waals surface area contributed by atoms with Gasteiger partial charge in [-0.1, -0.05) is 0 Å². The molecule has 1 N–H and O–H groups in total. The first-order chi connectivity index (χ1) is 11.2. The number of rotatable bonds is 2. The van der Waals surface area contributed by atoms with Crippen LogP contribution in [-0.4, -0.2) is 30.4 Å². The highest BCUT2D eigenvalue weighted by atomic mass is 16.7. The van der Waals surface area contributed by atoms with Crippen LogP contribution in [0.25, 0.3) is 6.08 Å². The number of anilines is 1. The number of benzene rings is 1. The third-order valence-corrected chi connectivity index (χ3v) is 3.27. The van der Waals surface area contributed by atoms with E-state index >= 15 is 0 Å². The molecule has 1 aromatic rings. The molecule has 1 saturated heterocycles. The SMILES string of the molecule is CC(=O)Nc1cc2c(cc1C=C1C(=O)OC(C)(C)OC1=O)OCO2. The van der Waals surface area contributed by atoms with E-state index in [2.05, 4.69) is 5.32 Å². The van der Waals surface area contributed by atoms with E-state index < -0.39 is 17.7 Å². The predicted octanol–water partition coefficient (Wildman–Crippen LogP) is 1.59. The number of ether oxygens (including phenoxy) is 4. The van der Waals surface area contributed by atoms with Crippen molar-refractivity contribution in [2.24, 2.45) is 0 Å². The Hall–Kier alpha value is -3.03. The van der Waals surface area contributed by atoms with Gasteiger partial charge in [0.15, 0.2) is 11.5 Å². The number of hydrogen-bond acceptors (Lipinski definition) is 7. The second-order valence-corrected chi connectivity index (χ2v) is 5.71. The molecule has 0 atom stereocenters. The number of esters is 2. The standard InChI is InChI=1S/C16H15NO7/c1-8(18)17-11-6-13-12(21-7-22-13)5-9(11)4-10-14(19)23-16(2,3)24-15(10)20/h4-6H,7H2,1-3H3,(H,17,18). The van der Waals surface area contributed by atoms with E-state index in [1.54, 1.807) is 12.1 Å². The molecule has 1 aromatic carbocycles. The molecule has 24 heavy (non-hydrogen) atoms. The Kier molecular flexibility index (Phi) is 3.67. The molecule has 8 heteroatoms. The third kappa shape index (κ3) is 3.03. The van der Waals surface area contributed by atoms with E-state index in [0.717, 1.165) is 0 Å². The minimum atomic E-state index is -1.32. The Labute approximate surface area is 137 Å². The molecule has 1 fully saturated rings. The van der Waals surface area contributed by atoms with Gasteiger partial charge in [-0.05, 0) is 12.1 Å². The molecule has 0 bridgehead atoms. The summed E-state index contributed by atoms with van der Waals surface area (Å²) in [5.74, 6) is -2.35. The normalized spacial score (nSPS) is 17.9. The van der Waals surface area contributed by atoms with Crippen molar-refractivity contribution in [3.63, 3.8) is 0 Å². The van der Waals surface area contributed by atoms with E-state index in [4.69, 9.17) is 18.9 Å². The third-order valence-electron chi connectivity index (χ3n) is 3.27. The molecule has 2 aliphatic heterocycles. The topological polar surface area (TPSA) is 100 Å². The van der Waals surface area contributed by atoms with E-state index in [1.165, 1.54) is 26.8 Å². The molecule has 126 valence electrons. The summed E-state index contributed by atoms with van der Waals surface area (Å²) in [7, 11) is 0. The maximum atomic E-state index is 12.1. The van der Waals surface area contributed by atoms with Crippen LogP contribution in [0.5, 0.6) is 11.5 Å². The minimum absolute atomic E-state index is 0.0488. The number of amides is 1. The van der Waals surface area contributed by atoms with Gasteiger partial charge in [0.25, 0.3) is 5.79 Å². The molecule has 0 aliphatic carbocycles. The Morgan fingerprint density at radius 1 is 1.12 bits per heavy atom. The summed E-state index contributed by atoms with van der Waals surface area (Å²) in [4.78, 5) is 35.5. The van der Waals surface area contributed by atoms with Crippen LogP contribution in [0.2, 0.25) is 0 Å². The zero-order valence-electron chi connectivity index (χ0n) is 13.3. The zero-order chi connectivity index (χ0) is 17.5. The molecule has 8 nitrogen and oxygen atoms in total. The number of carbonyl (C=O) groups excluding carboxylic acids is 3. The molecule has 2 heterocycles. The van der Waals surface area contributed by atoms with E-state index in [1.807, 2.05) is 0 Å². The predicted molar refractivity (Wildman–Crippen MR) is 81.1 cm³/mol. The zero-order valence-corrected chi connectivity index (χ0v) is 13.3. The quantitative estimate of drug-likeness (QED) is 0.498. The van der Waals surface area contributed by atoms with Crippen molar-refractivity contribution >= 4 is 29.6 Å². The minimum Gasteiger partial charge on any atom is -0.454 e. The number of carbonyl (C=O) groups is 3. The lowest BCUT2D eigenvalue weighted by Crippen LogP contribution is -2.41. The Balaban J connectivity index is 2.03. The Morgan fingerprint density at radius 3 is 2.29 bits per heavy atom. The molecular formula is C16H15NO7. The maximum Gasteiger partial charge on any atom is 0.348 e. The van der Waals surface area contributed by atoms with Crippen molar-refractivity contribution in [1.82, 2.24) is 0 Å². The van der Waals surface area contributed by atoms with Gasteiger partial charge < -0.3 is 24.3 Å². The molecular weight excluding hydrogens is 318 g/mol. The van der Waals surface area contributed by atoms with Gasteiger partial charge in [-0.3, -0.25) is 4.79 Å². The summed E-state index contributed by atoms with van der Waals surface area (Å²) in [5, 5.41) is 2.62. The van der Waals surface area contributed by atoms with Gasteiger partial charge in [-0.25, -0.2) is 9.59 Å². The first-order valence-corrected chi connectivity index (χ1v) is 7.15. The second-order valence-electron chi connectivity index (χ2n) is 5.71. The molecule has 1 amide bonds. The lowest BCUT2D eigenvalue weighted by molar-refractivity contribution is -0.222. The number of nitrogens with one attached hydrogen (secondary N) is 1. The van der Waals surface area contributed by atoms with Crippen molar-refractivity contribution in [1.29, 1.82) is 0 Å². The molecule has 0 spiro atoms. The van der Waals surface area contributed by atoms with Crippen molar-refractivity contribution < 1.29 is 33.3 Å². The van der Waals surface area contributed by atoms with Crippen LogP contribution in [0, 0.1) is 0 Å². The van der Waals surface area contributed by atoms with E-state index in [9.17, 15) is 14.4 Å². The number of fused-ring (bicyclic) bond motifs is 1. The van der Waals surface area contributed by atoms with Crippen LogP contribution in [0.3, 0.4) is 0 Å². The van der Waals surface area contributed by atoms with Crippen molar-refractivity contribution in [3.8, 4) is 11.5 Å². The van der Waals surface area contributed by atoms with E-state index in [-0.39, 0.29) is 18.3 Å². The molecule has 0 radical (unpaired) electrons. The van der Waals surface area contributed by atoms with Crippen LogP contribution >= 0.6 is 0 Å². The lowest BCUT2D eigenvalue weighted by Gasteiger charge is -2.29. The fraction of sp³-hybridized carbons (Fsp3) is 0.312. The first-order valence-electron chi connectivity index (χ1n) is 7.15.